The fourth-order valence-electron chi connectivity index (χ4n) is 3.92. The predicted molar refractivity (Wildman–Crippen MR) is 105 cm³/mol. The summed E-state index contributed by atoms with van der Waals surface area (Å²) in [7, 11) is 0. The second-order valence-electron chi connectivity index (χ2n) is 7.37. The number of hydrogen-bond acceptors (Lipinski definition) is 4. The number of halogens is 1. The van der Waals surface area contributed by atoms with Crippen LogP contribution in [0.25, 0.3) is 10.8 Å². The smallest absolute Gasteiger partial charge is 0.137 e. The third-order valence-electron chi connectivity index (χ3n) is 5.47. The van der Waals surface area contributed by atoms with E-state index in [-0.39, 0.29) is 30.1 Å². The molecule has 150 valence electrons. The molecular formula is C23H21FNO4-. The molecule has 1 aliphatic rings. The molecule has 1 N–H and O–H groups in total. The van der Waals surface area contributed by atoms with Crippen molar-refractivity contribution in [3.8, 4) is 5.75 Å². The Bertz CT molecular complexity index is 1020. The van der Waals surface area contributed by atoms with Crippen LogP contribution in [0.15, 0.2) is 60.7 Å². The summed E-state index contributed by atoms with van der Waals surface area (Å²) in [5, 5.41) is 22.8. The molecule has 1 fully saturated rings. The minimum absolute atomic E-state index is 0.0244. The Labute approximate surface area is 168 Å². The van der Waals surface area contributed by atoms with Crippen molar-refractivity contribution in [3.63, 3.8) is 0 Å². The Kier molecular flexibility index (Phi) is 5.36. The zero-order valence-electron chi connectivity index (χ0n) is 15.8. The van der Waals surface area contributed by atoms with Gasteiger partial charge in [0.05, 0.1) is 12.7 Å². The molecule has 1 saturated heterocycles. The number of carbonyl (C=O) groups excluding carboxylic acids is 1. The summed E-state index contributed by atoms with van der Waals surface area (Å²) in [5.41, 5.74) is 1.88. The monoisotopic (exact) mass is 394 g/mol. The number of phenols is 1. The largest absolute Gasteiger partial charge is 0.530 e. The fraction of sp³-hybridized carbons (Fsp3) is 0.261. The summed E-state index contributed by atoms with van der Waals surface area (Å²) in [6, 6.07) is 17.3. The van der Waals surface area contributed by atoms with Crippen molar-refractivity contribution >= 4 is 16.9 Å². The summed E-state index contributed by atoms with van der Waals surface area (Å²) in [6.45, 7) is 0.898. The molecule has 1 aliphatic heterocycles. The number of nitrogens with zero attached hydrogens (tertiary/aromatic N) is 1. The molecule has 6 heteroatoms. The van der Waals surface area contributed by atoms with Gasteiger partial charge in [-0.3, -0.25) is 0 Å². The van der Waals surface area contributed by atoms with E-state index in [0.717, 1.165) is 21.9 Å². The molecule has 5 nitrogen and oxygen atoms in total. The summed E-state index contributed by atoms with van der Waals surface area (Å²) in [4.78, 5) is 12.6. The Morgan fingerprint density at radius 3 is 2.59 bits per heavy atom. The number of rotatable bonds is 4. The van der Waals surface area contributed by atoms with Crippen LogP contribution in [0.3, 0.4) is 0 Å². The van der Waals surface area contributed by atoms with Gasteiger partial charge in [-0.15, -0.1) is 0 Å². The van der Waals surface area contributed by atoms with Crippen LogP contribution in [0, 0.1) is 5.82 Å². The molecule has 0 radical (unpaired) electrons. The summed E-state index contributed by atoms with van der Waals surface area (Å²) in [6.07, 6.45) is -0.981. The van der Waals surface area contributed by atoms with E-state index in [1.807, 2.05) is 24.3 Å². The van der Waals surface area contributed by atoms with E-state index in [1.54, 1.807) is 24.3 Å². The van der Waals surface area contributed by atoms with E-state index in [9.17, 15) is 19.4 Å². The average Bonchev–Trinajstić information content (AvgIpc) is 2.72. The number of hydrogen-bond donors (Lipinski definition) is 1. The van der Waals surface area contributed by atoms with Gasteiger partial charge in [-0.2, -0.15) is 0 Å². The van der Waals surface area contributed by atoms with E-state index in [4.69, 9.17) is 4.74 Å². The third kappa shape index (κ3) is 4.32. The highest BCUT2D eigenvalue weighted by molar-refractivity contribution is 5.84. The van der Waals surface area contributed by atoms with Crippen LogP contribution in [0.5, 0.6) is 5.75 Å². The number of fused-ring (bicyclic) bond motifs is 1. The van der Waals surface area contributed by atoms with Gasteiger partial charge in [0, 0.05) is 19.0 Å². The van der Waals surface area contributed by atoms with Crippen molar-refractivity contribution in [1.29, 1.82) is 0 Å². The van der Waals surface area contributed by atoms with Gasteiger partial charge in [-0.1, -0.05) is 30.3 Å². The second kappa shape index (κ2) is 8.09. The van der Waals surface area contributed by atoms with Crippen LogP contribution in [0.2, 0.25) is 0 Å². The standard InChI is InChI=1S/C23H22FNO4/c24-19-6-3-16(4-7-19)21-9-10-25(23(27)28)13-22(21)29-14-15-1-2-18-12-20(26)8-5-17(18)11-15/h1-8,11-12,21-22,26H,9-10,13-14H2,(H,27,28)/p-1. The minimum atomic E-state index is -1.21. The zero-order valence-corrected chi connectivity index (χ0v) is 15.8. The molecule has 2 atom stereocenters. The highest BCUT2D eigenvalue weighted by Crippen LogP contribution is 2.31. The van der Waals surface area contributed by atoms with Gasteiger partial charge in [0.2, 0.25) is 0 Å². The molecular weight excluding hydrogens is 373 g/mol. The van der Waals surface area contributed by atoms with Gasteiger partial charge < -0.3 is 24.6 Å². The normalized spacial score (nSPS) is 19.4. The van der Waals surface area contributed by atoms with E-state index in [2.05, 4.69) is 0 Å². The molecule has 0 bridgehead atoms. The molecule has 4 rings (SSSR count). The van der Waals surface area contributed by atoms with Crippen LogP contribution < -0.4 is 5.11 Å². The zero-order chi connectivity index (χ0) is 20.4. The molecule has 3 aromatic rings. The van der Waals surface area contributed by atoms with Gasteiger partial charge in [0.25, 0.3) is 0 Å². The molecule has 0 aliphatic carbocycles. The Morgan fingerprint density at radius 2 is 1.83 bits per heavy atom. The molecule has 29 heavy (non-hydrogen) atoms. The topological polar surface area (TPSA) is 72.8 Å². The maximum atomic E-state index is 13.3. The van der Waals surface area contributed by atoms with Crippen molar-refractivity contribution in [3.05, 3.63) is 77.6 Å². The maximum absolute atomic E-state index is 13.3. The summed E-state index contributed by atoms with van der Waals surface area (Å²) < 4.78 is 19.4. The maximum Gasteiger partial charge on any atom is 0.137 e. The van der Waals surface area contributed by atoms with Crippen molar-refractivity contribution < 1.29 is 24.1 Å². The average molecular weight is 394 g/mol. The van der Waals surface area contributed by atoms with Gasteiger partial charge >= 0.3 is 0 Å². The molecule has 0 saturated carbocycles. The molecule has 1 heterocycles. The highest BCUT2D eigenvalue weighted by Gasteiger charge is 2.31. The van der Waals surface area contributed by atoms with Crippen LogP contribution in [0.4, 0.5) is 9.18 Å². The lowest BCUT2D eigenvalue weighted by atomic mass is 9.87. The fourth-order valence-corrected chi connectivity index (χ4v) is 3.92. The summed E-state index contributed by atoms with van der Waals surface area (Å²) in [5.74, 6) is -0.114. The number of likely N-dealkylation sites (tertiary alicyclic amines) is 1. The van der Waals surface area contributed by atoms with Crippen molar-refractivity contribution in [2.24, 2.45) is 0 Å². The Morgan fingerprint density at radius 1 is 1.10 bits per heavy atom. The van der Waals surface area contributed by atoms with Crippen LogP contribution >= 0.6 is 0 Å². The minimum Gasteiger partial charge on any atom is -0.530 e. The molecule has 3 aromatic carbocycles. The lowest BCUT2D eigenvalue weighted by Gasteiger charge is -2.40. The number of carboxylic acid groups (broad SMARTS) is 1. The number of piperidine rings is 1. The number of phenolic OH excluding ortho intramolecular Hbond substituents is 1. The lowest BCUT2D eigenvalue weighted by Crippen LogP contribution is -2.51. The first-order chi connectivity index (χ1) is 14.0. The van der Waals surface area contributed by atoms with Crippen molar-refractivity contribution in [2.75, 3.05) is 13.1 Å². The van der Waals surface area contributed by atoms with Crippen LogP contribution in [-0.2, 0) is 11.3 Å². The number of benzene rings is 3. The van der Waals surface area contributed by atoms with Gasteiger partial charge in [-0.25, -0.2) is 4.39 Å². The van der Waals surface area contributed by atoms with E-state index < -0.39 is 6.09 Å². The number of ether oxygens (including phenoxy) is 1. The Hall–Kier alpha value is -3.12. The van der Waals surface area contributed by atoms with Crippen LogP contribution in [0.1, 0.15) is 23.5 Å². The molecule has 0 aromatic heterocycles. The number of aromatic hydroxyl groups is 1. The Balaban J connectivity index is 1.53. The third-order valence-corrected chi connectivity index (χ3v) is 5.47. The lowest BCUT2D eigenvalue weighted by molar-refractivity contribution is -0.268. The number of amides is 1. The quantitative estimate of drug-likeness (QED) is 0.736. The van der Waals surface area contributed by atoms with E-state index in [1.165, 1.54) is 17.0 Å². The van der Waals surface area contributed by atoms with E-state index in [0.29, 0.717) is 19.6 Å². The van der Waals surface area contributed by atoms with Gasteiger partial charge in [0.15, 0.2) is 0 Å². The summed E-state index contributed by atoms with van der Waals surface area (Å²) >= 11 is 0. The first-order valence-electron chi connectivity index (χ1n) is 9.54. The highest BCUT2D eigenvalue weighted by atomic mass is 19.1. The van der Waals surface area contributed by atoms with Crippen LogP contribution in [-0.4, -0.2) is 35.3 Å². The SMILES string of the molecule is O=C([O-])N1CCC(c2ccc(F)cc2)C(OCc2ccc3cc(O)ccc3c2)C1. The molecule has 1 amide bonds. The predicted octanol–water partition coefficient (Wildman–Crippen LogP) is 3.40. The second-order valence-corrected chi connectivity index (χ2v) is 7.37. The van der Waals surface area contributed by atoms with Crippen molar-refractivity contribution in [1.82, 2.24) is 4.90 Å². The van der Waals surface area contributed by atoms with E-state index >= 15 is 0 Å². The first-order valence-corrected chi connectivity index (χ1v) is 9.54. The van der Waals surface area contributed by atoms with Gasteiger partial charge in [-0.05, 0) is 58.7 Å². The molecule has 2 unspecified atom stereocenters. The van der Waals surface area contributed by atoms with Gasteiger partial charge in [0.1, 0.15) is 17.7 Å². The molecule has 0 spiro atoms. The first kappa shape index (κ1) is 19.2. The number of carbonyl (C=O) groups is 1. The van der Waals surface area contributed by atoms with Crippen molar-refractivity contribution in [2.45, 2.75) is 25.0 Å².